The zero-order chi connectivity index (χ0) is 95.8. The molecule has 0 saturated carbocycles. The van der Waals surface area contributed by atoms with Crippen LogP contribution in [0.4, 0.5) is 15.3 Å². The lowest BCUT2D eigenvalue weighted by Gasteiger charge is -2.30. The maximum absolute atomic E-state index is 15.0. The third-order valence-corrected chi connectivity index (χ3v) is 20.7. The molecule has 704 valence electrons. The number of nitrogens with one attached hydrogen (secondary N) is 15. The molecule has 0 spiro atoms. The van der Waals surface area contributed by atoms with Gasteiger partial charge in [-0.05, 0) is 79.0 Å². The van der Waals surface area contributed by atoms with E-state index in [2.05, 4.69) is 70.7 Å². The van der Waals surface area contributed by atoms with Crippen LogP contribution in [0.15, 0.2) is 103 Å². The van der Waals surface area contributed by atoms with Gasteiger partial charge in [0.15, 0.2) is 5.78 Å². The van der Waals surface area contributed by atoms with Crippen molar-refractivity contribution in [3.63, 3.8) is 0 Å². The summed E-state index contributed by atoms with van der Waals surface area (Å²) in [6.07, 6.45) is -5.05. The van der Waals surface area contributed by atoms with Gasteiger partial charge in [0.05, 0.1) is 51.8 Å². The lowest BCUT2D eigenvalue weighted by molar-refractivity contribution is -0.156. The Hall–Kier alpha value is -14.7. The third kappa shape index (κ3) is 34.2. The number of anilines is 1. The second-order valence-electron chi connectivity index (χ2n) is 30.9. The van der Waals surface area contributed by atoms with Crippen LogP contribution >= 0.6 is 0 Å². The van der Waals surface area contributed by atoms with Gasteiger partial charge in [0.1, 0.15) is 79.2 Å². The van der Waals surface area contributed by atoms with E-state index >= 15 is 9.59 Å². The highest BCUT2D eigenvalue weighted by molar-refractivity contribution is 6.05. The van der Waals surface area contributed by atoms with E-state index < -0.39 is 274 Å². The number of unbranched alkanes of at least 4 members (excludes halogenated alkanes) is 6. The highest BCUT2D eigenvalue weighted by Gasteiger charge is 2.42. The molecule has 2 aliphatic rings. The lowest BCUT2D eigenvalue weighted by atomic mass is 9.96. The third-order valence-electron chi connectivity index (χ3n) is 20.7. The van der Waals surface area contributed by atoms with E-state index in [1.165, 1.54) is 24.3 Å². The van der Waals surface area contributed by atoms with Crippen molar-refractivity contribution in [1.29, 1.82) is 0 Å². The van der Waals surface area contributed by atoms with Crippen molar-refractivity contribution in [1.82, 2.24) is 79.8 Å². The first-order valence-electron chi connectivity index (χ1n) is 41.9. The fourth-order valence-corrected chi connectivity index (χ4v) is 13.9. The zero-order valence-corrected chi connectivity index (χ0v) is 71.7. The van der Waals surface area contributed by atoms with Crippen LogP contribution in [0, 0.1) is 5.92 Å². The standard InChI is InChI=1S/C85H111N17O28/c1-5-6-7-8-9-10-20-31-88-84(127)100-56(34-47-22-12-11-13-23-47)77(120)96-57(36-64(87)105)78(121)98-60(39-70(114)115)79(122)102-72-46(4)130-83(126)61(35-63(104)52-28-18-19-29-54(52)86)99-82(125)71(44(2)33-67(108)109)101-80(123)62(42-103)94-66(107)40-90-74(117)58(37-68(110)111)95-73(116)45(3)92-76(119)59(38-69(112)113)97-75(118)55(93-65(106)41-91-81(72)124)30-21-32-89-85(128)129-43-53-50-26-16-14-24-48(50)49-25-15-17-27-51(49)53/h11-19,22-29,44-46,53,55-62,71-72,103H,5-10,20-21,30-43,86H2,1-4H3,(H2,87,105)(H,89,128)(H,90,117)(H,91,124)(H,92,119)(H,93,106)(H,94,107)(H,95,116)(H,96,120)(H,97,118)(H,98,121)(H,99,125)(H,101,123)(H,102,122)(H,108,109)(H,110,111)(H,112,113)(H,114,115)(H2,88,100,127)/t44?,45?,46?,55?,56-,57-,58?,59?,60-,61?,62?,71?,72?/m0/s1. The summed E-state index contributed by atoms with van der Waals surface area (Å²) < 4.78 is 11.4. The van der Waals surface area contributed by atoms with Crippen LogP contribution in [0.25, 0.3) is 11.1 Å². The van der Waals surface area contributed by atoms with Gasteiger partial charge in [-0.15, -0.1) is 0 Å². The van der Waals surface area contributed by atoms with E-state index in [0.717, 1.165) is 81.5 Å². The van der Waals surface area contributed by atoms with Gasteiger partial charge in [-0.1, -0.05) is 143 Å². The number of para-hydroxylation sites is 1. The highest BCUT2D eigenvalue weighted by Crippen LogP contribution is 2.44. The molecule has 16 amide bonds. The minimum atomic E-state index is -2.51. The molecule has 4 aromatic rings. The van der Waals surface area contributed by atoms with Gasteiger partial charge < -0.3 is 126 Å². The Kier molecular flexibility index (Phi) is 42.0. The number of nitrogen functional groups attached to an aromatic ring is 1. The number of nitrogens with two attached hydrogens (primary N) is 2. The van der Waals surface area contributed by atoms with Crippen LogP contribution in [-0.4, -0.2) is 262 Å². The molecule has 130 heavy (non-hydrogen) atoms. The molecule has 4 aromatic carbocycles. The molecule has 1 saturated heterocycles. The molecule has 1 aliphatic carbocycles. The van der Waals surface area contributed by atoms with Gasteiger partial charge in [-0.2, -0.15) is 0 Å². The van der Waals surface area contributed by atoms with Crippen molar-refractivity contribution in [2.24, 2.45) is 11.7 Å². The Morgan fingerprint density at radius 3 is 1.61 bits per heavy atom. The summed E-state index contributed by atoms with van der Waals surface area (Å²) in [6.45, 7) is 0.849. The molecule has 13 atom stereocenters. The quantitative estimate of drug-likeness (QED) is 0.00937. The van der Waals surface area contributed by atoms with E-state index in [9.17, 15) is 117 Å². The van der Waals surface area contributed by atoms with Crippen LogP contribution in [0.5, 0.6) is 0 Å². The van der Waals surface area contributed by atoms with Crippen LogP contribution in [0.3, 0.4) is 0 Å². The molecule has 1 heterocycles. The number of fused-ring (bicyclic) bond motifs is 3. The van der Waals surface area contributed by atoms with Crippen molar-refractivity contribution < 1.29 is 136 Å². The van der Waals surface area contributed by atoms with Gasteiger partial charge in [0, 0.05) is 43.1 Å². The fourth-order valence-electron chi connectivity index (χ4n) is 13.9. The first-order valence-corrected chi connectivity index (χ1v) is 41.9. The van der Waals surface area contributed by atoms with Crippen molar-refractivity contribution in [3.05, 3.63) is 125 Å². The van der Waals surface area contributed by atoms with Gasteiger partial charge >= 0.3 is 42.0 Å². The lowest BCUT2D eigenvalue weighted by Crippen LogP contribution is -2.62. The highest BCUT2D eigenvalue weighted by atomic mass is 16.6. The normalized spacial score (nSPS) is 20.3. The number of benzene rings is 4. The number of Topliss-reactive ketones (excluding diaryl/α,β-unsaturated/α-hetero) is 1. The molecule has 0 radical (unpaired) electrons. The maximum atomic E-state index is 15.0. The number of carboxylic acids is 4. The van der Waals surface area contributed by atoms with Crippen LogP contribution in [0.1, 0.15) is 157 Å². The second kappa shape index (κ2) is 52.4. The first kappa shape index (κ1) is 104. The number of rotatable bonds is 38. The molecule has 1 fully saturated rings. The smallest absolute Gasteiger partial charge is 0.407 e. The average Bonchev–Trinajstić information content (AvgIpc) is 1.61. The Balaban J connectivity index is 1.41. The Bertz CT molecular complexity index is 4720. The van der Waals surface area contributed by atoms with E-state index in [1.54, 1.807) is 30.3 Å². The zero-order valence-electron chi connectivity index (χ0n) is 71.7. The average molecular weight is 1820 g/mol. The SMILES string of the molecule is CCCCCCCCCNC(=O)N[C@@H](Cc1ccccc1)C(=O)N[C@@H](CC(N)=O)C(=O)N[C@@H](CC(=O)O)C(=O)NC1C(=O)NCC(=O)NC(CCCNC(=O)OCC2c3ccccc3-c3ccccc32)C(=O)NC(CC(=O)O)C(=O)NC(C)C(=O)NC(CC(=O)O)C(=O)NCC(=O)NC(CO)C(=O)NC(C(C)CC(=O)O)C(=O)NC(CC(=O)c2ccccc2N)C(=O)OC1C. The number of aliphatic hydroxyl groups is 1. The second-order valence-corrected chi connectivity index (χ2v) is 30.9. The summed E-state index contributed by atoms with van der Waals surface area (Å²) in [6, 6.07) is 4.09. The summed E-state index contributed by atoms with van der Waals surface area (Å²) in [5, 5.41) is 83.8. The van der Waals surface area contributed by atoms with E-state index in [4.69, 9.17) is 20.9 Å². The fraction of sp³-hybridized carbons (Fsp3) is 0.471. The van der Waals surface area contributed by atoms with Crippen molar-refractivity contribution in [2.45, 2.75) is 209 Å². The van der Waals surface area contributed by atoms with E-state index in [0.29, 0.717) is 12.0 Å². The largest absolute Gasteiger partial charge is 0.481 e. The number of esters is 1. The van der Waals surface area contributed by atoms with Gasteiger partial charge in [-0.3, -0.25) is 86.3 Å². The molecule has 10 unspecified atom stereocenters. The van der Waals surface area contributed by atoms with Crippen molar-refractivity contribution in [2.75, 3.05) is 45.1 Å². The Morgan fingerprint density at radius 2 is 1.02 bits per heavy atom. The summed E-state index contributed by atoms with van der Waals surface area (Å²) in [5.41, 5.74) is 15.2. The maximum Gasteiger partial charge on any atom is 0.407 e. The number of aliphatic hydroxyl groups excluding tert-OH is 1. The van der Waals surface area contributed by atoms with Crippen LogP contribution in [0.2, 0.25) is 0 Å². The number of ketones is 1. The molecule has 1 aliphatic heterocycles. The molecular weight excluding hydrogens is 1710 g/mol. The number of primary amides is 1. The summed E-state index contributed by atoms with van der Waals surface area (Å²) in [7, 11) is 0. The minimum absolute atomic E-state index is 0.154. The number of carboxylic acid groups (broad SMARTS) is 4. The number of hydrogen-bond acceptors (Lipinski definition) is 25. The number of carbonyl (C=O) groups excluding carboxylic acids is 17. The minimum Gasteiger partial charge on any atom is -0.481 e. The number of carbonyl (C=O) groups is 21. The predicted octanol–water partition coefficient (Wildman–Crippen LogP) is -2.73. The number of aliphatic carboxylic acids is 4. The number of amides is 16. The monoisotopic (exact) mass is 1820 g/mol. The number of alkyl carbamates (subject to hydrolysis) is 1. The van der Waals surface area contributed by atoms with Gasteiger partial charge in [0.2, 0.25) is 76.8 Å². The Morgan fingerprint density at radius 1 is 0.500 bits per heavy atom. The molecule has 45 heteroatoms. The molecule has 6 rings (SSSR count). The number of cyclic esters (lactones) is 1. The molecule has 45 nitrogen and oxygen atoms in total. The number of hydrogen-bond donors (Lipinski definition) is 22. The summed E-state index contributed by atoms with van der Waals surface area (Å²) >= 11 is 0. The topological polar surface area (TPSA) is 711 Å². The number of ether oxygens (including phenoxy) is 2. The van der Waals surface area contributed by atoms with Crippen molar-refractivity contribution in [3.8, 4) is 11.1 Å². The summed E-state index contributed by atoms with van der Waals surface area (Å²) in [4.78, 5) is 290. The first-order chi connectivity index (χ1) is 61.8. The van der Waals surface area contributed by atoms with Crippen LogP contribution in [-0.2, 0) is 102 Å². The Labute approximate surface area is 744 Å². The molecule has 0 bridgehead atoms. The van der Waals surface area contributed by atoms with Crippen molar-refractivity contribution >= 4 is 130 Å². The molecular formula is C85H111N17O28. The number of urea groups is 1. The van der Waals surface area contributed by atoms with Crippen LogP contribution < -0.4 is 91.2 Å². The van der Waals surface area contributed by atoms with Gasteiger partial charge in [0.25, 0.3) is 0 Å². The predicted molar refractivity (Wildman–Crippen MR) is 456 cm³/mol. The van der Waals surface area contributed by atoms with E-state index in [-0.39, 0.29) is 43.8 Å². The van der Waals surface area contributed by atoms with Gasteiger partial charge in [-0.25, -0.2) is 14.4 Å². The molecule has 0 aromatic heterocycles. The molecule has 24 N–H and O–H groups in total. The van der Waals surface area contributed by atoms with E-state index in [1.807, 2.05) is 64.5 Å². The summed E-state index contributed by atoms with van der Waals surface area (Å²) in [5.74, 6) is -30.2.